The zero-order valence-corrected chi connectivity index (χ0v) is 11.7. The molecule has 3 rings (SSSR count). The number of carbonyl (C=O) groups excluding carboxylic acids is 1. The van der Waals surface area contributed by atoms with Crippen molar-refractivity contribution in [3.8, 4) is 0 Å². The fraction of sp³-hybridized carbons (Fsp3) is 0.118. The summed E-state index contributed by atoms with van der Waals surface area (Å²) < 4.78 is 0. The van der Waals surface area contributed by atoms with E-state index in [0.717, 1.165) is 34.7 Å². The van der Waals surface area contributed by atoms with Crippen molar-refractivity contribution >= 4 is 28.8 Å². The average Bonchev–Trinajstić information content (AvgIpc) is 2.75. The molecule has 1 heterocycles. The molecule has 3 heteroatoms. The van der Waals surface area contributed by atoms with Gasteiger partial charge in [-0.05, 0) is 36.6 Å². The van der Waals surface area contributed by atoms with Gasteiger partial charge in [0.05, 0.1) is 0 Å². The lowest BCUT2D eigenvalue weighted by Crippen LogP contribution is -2.03. The number of carbonyl (C=O) groups is 1. The van der Waals surface area contributed by atoms with Crippen LogP contribution >= 0.6 is 11.6 Å². The van der Waals surface area contributed by atoms with Crippen LogP contribution in [0.1, 0.15) is 17.5 Å². The molecule has 0 radical (unpaired) electrons. The van der Waals surface area contributed by atoms with Crippen molar-refractivity contribution < 1.29 is 4.79 Å². The van der Waals surface area contributed by atoms with E-state index in [-0.39, 0.29) is 5.91 Å². The summed E-state index contributed by atoms with van der Waals surface area (Å²) >= 11 is 5.96. The highest BCUT2D eigenvalue weighted by atomic mass is 35.5. The average molecular weight is 284 g/mol. The van der Waals surface area contributed by atoms with Gasteiger partial charge in [-0.15, -0.1) is 0 Å². The molecule has 0 spiro atoms. The third kappa shape index (κ3) is 2.61. The smallest absolute Gasteiger partial charge is 0.256 e. The molecule has 0 saturated heterocycles. The van der Waals surface area contributed by atoms with Crippen LogP contribution in [0.2, 0.25) is 5.02 Å². The van der Waals surface area contributed by atoms with Crippen LogP contribution in [-0.2, 0) is 11.2 Å². The molecule has 0 aromatic heterocycles. The fourth-order valence-electron chi connectivity index (χ4n) is 2.42. The van der Waals surface area contributed by atoms with Crippen molar-refractivity contribution in [1.82, 2.24) is 0 Å². The molecular weight excluding hydrogens is 270 g/mol. The Morgan fingerprint density at radius 2 is 1.95 bits per heavy atom. The normalized spacial score (nSPS) is 15.2. The number of hydrogen-bond acceptors (Lipinski definition) is 1. The minimum Gasteiger partial charge on any atom is -0.321 e. The number of para-hydroxylation sites is 1. The Morgan fingerprint density at radius 1 is 1.10 bits per heavy atom. The standard InChI is InChI=1S/C17H14ClNO/c18-13-7-3-5-12(11-13)6-4-9-15-14-8-1-2-10-16(14)19-17(15)20/h1-3,5,7-11H,4,6H2,(H,19,20)/b15-9+. The zero-order valence-electron chi connectivity index (χ0n) is 10.9. The van der Waals surface area contributed by atoms with Crippen LogP contribution in [0.15, 0.2) is 54.6 Å². The van der Waals surface area contributed by atoms with Crippen LogP contribution in [0.4, 0.5) is 5.69 Å². The number of amides is 1. The maximum absolute atomic E-state index is 11.9. The third-order valence-electron chi connectivity index (χ3n) is 3.38. The zero-order chi connectivity index (χ0) is 13.9. The number of fused-ring (bicyclic) bond motifs is 1. The molecule has 0 fully saturated rings. The van der Waals surface area contributed by atoms with Crippen LogP contribution in [0.5, 0.6) is 0 Å². The first kappa shape index (κ1) is 12.9. The minimum atomic E-state index is -0.0164. The summed E-state index contributed by atoms with van der Waals surface area (Å²) in [4.78, 5) is 11.9. The van der Waals surface area contributed by atoms with Gasteiger partial charge in [0.15, 0.2) is 0 Å². The van der Waals surface area contributed by atoms with Gasteiger partial charge in [0, 0.05) is 21.8 Å². The van der Waals surface area contributed by atoms with E-state index >= 15 is 0 Å². The number of rotatable bonds is 3. The highest BCUT2D eigenvalue weighted by Gasteiger charge is 2.22. The van der Waals surface area contributed by atoms with Crippen molar-refractivity contribution in [2.75, 3.05) is 5.32 Å². The Kier molecular flexibility index (Phi) is 3.57. The first-order chi connectivity index (χ1) is 9.74. The lowest BCUT2D eigenvalue weighted by atomic mass is 10.0. The van der Waals surface area contributed by atoms with E-state index in [4.69, 9.17) is 11.6 Å². The van der Waals surface area contributed by atoms with Gasteiger partial charge in [0.1, 0.15) is 0 Å². The second-order valence-electron chi connectivity index (χ2n) is 4.79. The summed E-state index contributed by atoms with van der Waals surface area (Å²) in [7, 11) is 0. The van der Waals surface area contributed by atoms with Crippen molar-refractivity contribution in [3.05, 3.63) is 70.8 Å². The van der Waals surface area contributed by atoms with Crippen molar-refractivity contribution in [2.24, 2.45) is 0 Å². The van der Waals surface area contributed by atoms with Gasteiger partial charge in [-0.3, -0.25) is 4.79 Å². The molecule has 2 aromatic rings. The number of anilines is 1. The van der Waals surface area contributed by atoms with Gasteiger partial charge < -0.3 is 5.32 Å². The Hall–Kier alpha value is -2.06. The highest BCUT2D eigenvalue weighted by molar-refractivity contribution is 6.31. The number of benzene rings is 2. The number of nitrogens with one attached hydrogen (secondary N) is 1. The van der Waals surface area contributed by atoms with Gasteiger partial charge in [0.25, 0.3) is 5.91 Å². The maximum atomic E-state index is 11.9. The van der Waals surface area contributed by atoms with E-state index < -0.39 is 0 Å². The fourth-order valence-corrected chi connectivity index (χ4v) is 2.63. The molecule has 2 aromatic carbocycles. The second-order valence-corrected chi connectivity index (χ2v) is 5.22. The van der Waals surface area contributed by atoms with Crippen LogP contribution in [0, 0.1) is 0 Å². The summed E-state index contributed by atoms with van der Waals surface area (Å²) in [5, 5.41) is 3.63. The largest absolute Gasteiger partial charge is 0.321 e. The SMILES string of the molecule is O=C1Nc2ccccc2/C1=C\CCc1cccc(Cl)c1. The predicted molar refractivity (Wildman–Crippen MR) is 82.8 cm³/mol. The Labute approximate surface area is 123 Å². The lowest BCUT2D eigenvalue weighted by molar-refractivity contribution is -0.110. The van der Waals surface area contributed by atoms with E-state index in [0.29, 0.717) is 0 Å². The summed E-state index contributed by atoms with van der Waals surface area (Å²) in [6.45, 7) is 0. The van der Waals surface area contributed by atoms with Crippen LogP contribution in [0.3, 0.4) is 0 Å². The molecule has 0 bridgehead atoms. The second kappa shape index (κ2) is 5.51. The Bertz CT molecular complexity index is 691. The Balaban J connectivity index is 1.75. The van der Waals surface area contributed by atoms with E-state index in [1.807, 2.05) is 54.6 Å². The number of hydrogen-bond donors (Lipinski definition) is 1. The molecular formula is C17H14ClNO. The number of allylic oxidation sites excluding steroid dienone is 1. The van der Waals surface area contributed by atoms with Gasteiger partial charge in [-0.25, -0.2) is 0 Å². The topological polar surface area (TPSA) is 29.1 Å². The molecule has 1 aliphatic rings. The van der Waals surface area contributed by atoms with Gasteiger partial charge in [-0.2, -0.15) is 0 Å². The molecule has 100 valence electrons. The minimum absolute atomic E-state index is 0.0164. The van der Waals surface area contributed by atoms with Gasteiger partial charge >= 0.3 is 0 Å². The first-order valence-corrected chi connectivity index (χ1v) is 6.97. The molecule has 1 N–H and O–H groups in total. The van der Waals surface area contributed by atoms with Crippen LogP contribution < -0.4 is 5.32 Å². The first-order valence-electron chi connectivity index (χ1n) is 6.59. The maximum Gasteiger partial charge on any atom is 0.256 e. The third-order valence-corrected chi connectivity index (χ3v) is 3.62. The Morgan fingerprint density at radius 3 is 2.80 bits per heavy atom. The van der Waals surface area contributed by atoms with E-state index in [9.17, 15) is 4.79 Å². The van der Waals surface area contributed by atoms with Gasteiger partial charge in [-0.1, -0.05) is 48.0 Å². The number of halogens is 1. The number of aryl methyl sites for hydroxylation is 1. The summed E-state index contributed by atoms with van der Waals surface area (Å²) in [5.41, 5.74) is 3.83. The molecule has 1 aliphatic heterocycles. The van der Waals surface area contributed by atoms with Crippen molar-refractivity contribution in [3.63, 3.8) is 0 Å². The predicted octanol–water partition coefficient (Wildman–Crippen LogP) is 4.31. The van der Waals surface area contributed by atoms with Crippen LogP contribution in [0.25, 0.3) is 5.57 Å². The molecule has 20 heavy (non-hydrogen) atoms. The van der Waals surface area contributed by atoms with Crippen molar-refractivity contribution in [1.29, 1.82) is 0 Å². The monoisotopic (exact) mass is 283 g/mol. The summed E-state index contributed by atoms with van der Waals surface area (Å²) in [6.07, 6.45) is 3.69. The van der Waals surface area contributed by atoms with E-state index in [1.165, 1.54) is 5.56 Å². The molecule has 0 unspecified atom stereocenters. The lowest BCUT2D eigenvalue weighted by Gasteiger charge is -2.00. The van der Waals surface area contributed by atoms with Gasteiger partial charge in [0.2, 0.25) is 0 Å². The van der Waals surface area contributed by atoms with Crippen LogP contribution in [-0.4, -0.2) is 5.91 Å². The molecule has 0 saturated carbocycles. The van der Waals surface area contributed by atoms with E-state index in [2.05, 4.69) is 5.32 Å². The molecule has 0 atom stereocenters. The molecule has 1 amide bonds. The van der Waals surface area contributed by atoms with E-state index in [1.54, 1.807) is 0 Å². The molecule has 2 nitrogen and oxygen atoms in total. The summed E-state index contributed by atoms with van der Waals surface area (Å²) in [6, 6.07) is 15.6. The molecule has 0 aliphatic carbocycles. The highest BCUT2D eigenvalue weighted by Crippen LogP contribution is 2.31. The van der Waals surface area contributed by atoms with Crippen molar-refractivity contribution in [2.45, 2.75) is 12.8 Å². The quantitative estimate of drug-likeness (QED) is 0.836. The summed E-state index contributed by atoms with van der Waals surface area (Å²) in [5.74, 6) is -0.0164.